The van der Waals surface area contributed by atoms with Gasteiger partial charge in [-0.15, -0.1) is 0 Å². The van der Waals surface area contributed by atoms with Crippen molar-refractivity contribution in [2.45, 2.75) is 13.5 Å². The van der Waals surface area contributed by atoms with Gasteiger partial charge >= 0.3 is 5.97 Å². The zero-order valence-electron chi connectivity index (χ0n) is 19.0. The third-order valence-corrected chi connectivity index (χ3v) is 5.84. The summed E-state index contributed by atoms with van der Waals surface area (Å²) in [6, 6.07) is 10.6. The lowest BCUT2D eigenvalue weighted by Gasteiger charge is -2.07. The lowest BCUT2D eigenvalue weighted by atomic mass is 10.2. The van der Waals surface area contributed by atoms with E-state index in [1.165, 1.54) is 24.5 Å². The first-order chi connectivity index (χ1) is 16.0. The van der Waals surface area contributed by atoms with Crippen LogP contribution in [0.1, 0.15) is 22.8 Å². The van der Waals surface area contributed by atoms with Crippen LogP contribution in [-0.4, -0.2) is 51.0 Å². The topological polar surface area (TPSA) is 88.4 Å². The number of aromatic nitrogens is 1. The van der Waals surface area contributed by atoms with E-state index in [1.807, 2.05) is 23.6 Å². The largest absolute Gasteiger partial charge is 0.493 e. The number of hydrogen-bond acceptors (Lipinski definition) is 7. The van der Waals surface area contributed by atoms with Gasteiger partial charge in [-0.2, -0.15) is 4.99 Å². The molecular weight excluding hydrogens is 444 g/mol. The molecule has 0 aliphatic rings. The second-order valence-corrected chi connectivity index (χ2v) is 7.81. The summed E-state index contributed by atoms with van der Waals surface area (Å²) in [5.74, 6) is 0.356. The first kappa shape index (κ1) is 24.2. The van der Waals surface area contributed by atoms with Crippen LogP contribution >= 0.6 is 11.3 Å². The van der Waals surface area contributed by atoms with Crippen LogP contribution in [0.15, 0.2) is 47.5 Å². The first-order valence-electron chi connectivity index (χ1n) is 10.3. The maximum atomic E-state index is 12.6. The molecule has 1 aromatic heterocycles. The fourth-order valence-electron chi connectivity index (χ4n) is 3.18. The van der Waals surface area contributed by atoms with E-state index in [1.54, 1.807) is 44.6 Å². The van der Waals surface area contributed by atoms with Gasteiger partial charge < -0.3 is 23.5 Å². The van der Waals surface area contributed by atoms with Gasteiger partial charge in [0.15, 0.2) is 16.3 Å². The van der Waals surface area contributed by atoms with Gasteiger partial charge in [0.25, 0.3) is 5.91 Å². The highest BCUT2D eigenvalue weighted by molar-refractivity contribution is 7.16. The standard InChI is InChI=1S/C24H26N2O6S/c1-5-32-13-12-26-18-9-8-17(23(28)31-4)15-21(18)33-24(26)25-22(27)11-7-16-6-10-19(29-2)20(14-16)30-3/h6-11,14-15H,5,12-13H2,1-4H3/b11-7-,25-24?. The van der Waals surface area contributed by atoms with E-state index in [-0.39, 0.29) is 0 Å². The predicted octanol–water partition coefficient (Wildman–Crippen LogP) is 3.68. The number of thiazole rings is 1. The highest BCUT2D eigenvalue weighted by atomic mass is 32.1. The number of ether oxygens (including phenoxy) is 4. The van der Waals surface area contributed by atoms with Crippen molar-refractivity contribution in [3.8, 4) is 11.5 Å². The molecule has 0 saturated heterocycles. The molecule has 0 aliphatic carbocycles. The van der Waals surface area contributed by atoms with Gasteiger partial charge in [0.05, 0.1) is 43.7 Å². The molecule has 0 unspecified atom stereocenters. The Labute approximate surface area is 195 Å². The molecule has 9 heteroatoms. The van der Waals surface area contributed by atoms with Crippen LogP contribution in [-0.2, 0) is 20.8 Å². The number of carbonyl (C=O) groups is 2. The van der Waals surface area contributed by atoms with Crippen LogP contribution in [0, 0.1) is 0 Å². The summed E-state index contributed by atoms with van der Waals surface area (Å²) < 4.78 is 23.6. The molecule has 3 rings (SSSR count). The molecule has 3 aromatic rings. The highest BCUT2D eigenvalue weighted by Gasteiger charge is 2.12. The number of benzene rings is 2. The van der Waals surface area contributed by atoms with Gasteiger partial charge in [0.1, 0.15) is 0 Å². The third kappa shape index (κ3) is 5.88. The molecule has 0 bridgehead atoms. The fraction of sp³-hybridized carbons (Fsp3) is 0.292. The van der Waals surface area contributed by atoms with E-state index in [2.05, 4.69) is 4.99 Å². The second kappa shape index (κ2) is 11.4. The summed E-state index contributed by atoms with van der Waals surface area (Å²) in [7, 11) is 4.46. The molecule has 0 N–H and O–H groups in total. The number of esters is 1. The third-order valence-electron chi connectivity index (χ3n) is 4.80. The van der Waals surface area contributed by atoms with Crippen LogP contribution in [0.2, 0.25) is 0 Å². The van der Waals surface area contributed by atoms with Gasteiger partial charge in [-0.05, 0) is 48.9 Å². The average molecular weight is 471 g/mol. The predicted molar refractivity (Wildman–Crippen MR) is 127 cm³/mol. The SMILES string of the molecule is CCOCCn1c(=NC(=O)/C=C\c2ccc(OC)c(OC)c2)sc2cc(C(=O)OC)ccc21. The zero-order chi connectivity index (χ0) is 23.8. The van der Waals surface area contributed by atoms with Crippen LogP contribution in [0.4, 0.5) is 0 Å². The Kier molecular flexibility index (Phi) is 8.39. The first-order valence-corrected chi connectivity index (χ1v) is 11.1. The minimum absolute atomic E-state index is 0.408. The van der Waals surface area contributed by atoms with Crippen molar-refractivity contribution in [3.63, 3.8) is 0 Å². The van der Waals surface area contributed by atoms with Crippen molar-refractivity contribution in [2.75, 3.05) is 34.5 Å². The number of fused-ring (bicyclic) bond motifs is 1. The minimum Gasteiger partial charge on any atom is -0.493 e. The molecule has 0 atom stereocenters. The second-order valence-electron chi connectivity index (χ2n) is 6.81. The number of carbonyl (C=O) groups excluding carboxylic acids is 2. The van der Waals surface area contributed by atoms with E-state index in [9.17, 15) is 9.59 Å². The van der Waals surface area contributed by atoms with Crippen molar-refractivity contribution >= 4 is 39.5 Å². The Morgan fingerprint density at radius 1 is 1.06 bits per heavy atom. The summed E-state index contributed by atoms with van der Waals surface area (Å²) in [5, 5.41) is 0. The van der Waals surface area contributed by atoms with Gasteiger partial charge in [0, 0.05) is 19.2 Å². The Bertz CT molecular complexity index is 1240. The lowest BCUT2D eigenvalue weighted by molar-refractivity contribution is -0.113. The molecular formula is C24H26N2O6S. The molecule has 1 amide bonds. The molecule has 0 fully saturated rings. The molecule has 0 spiro atoms. The average Bonchev–Trinajstić information content (AvgIpc) is 3.18. The smallest absolute Gasteiger partial charge is 0.337 e. The van der Waals surface area contributed by atoms with E-state index in [0.717, 1.165) is 15.8 Å². The van der Waals surface area contributed by atoms with E-state index in [0.29, 0.717) is 41.6 Å². The Hall–Kier alpha value is -3.43. The van der Waals surface area contributed by atoms with Crippen molar-refractivity contribution < 1.29 is 28.5 Å². The quantitative estimate of drug-likeness (QED) is 0.269. The van der Waals surface area contributed by atoms with E-state index >= 15 is 0 Å². The van der Waals surface area contributed by atoms with Gasteiger partial charge in [-0.1, -0.05) is 17.4 Å². The van der Waals surface area contributed by atoms with Gasteiger partial charge in [-0.3, -0.25) is 4.79 Å². The summed E-state index contributed by atoms with van der Waals surface area (Å²) in [6.45, 7) is 3.52. The van der Waals surface area contributed by atoms with Crippen molar-refractivity contribution in [3.05, 3.63) is 58.4 Å². The molecule has 33 heavy (non-hydrogen) atoms. The molecule has 2 aromatic carbocycles. The maximum Gasteiger partial charge on any atom is 0.337 e. The molecule has 0 saturated carbocycles. The van der Waals surface area contributed by atoms with Crippen LogP contribution in [0.5, 0.6) is 11.5 Å². The Morgan fingerprint density at radius 3 is 2.55 bits per heavy atom. The molecule has 174 valence electrons. The normalized spacial score (nSPS) is 11.8. The van der Waals surface area contributed by atoms with Crippen molar-refractivity contribution in [1.29, 1.82) is 0 Å². The molecule has 0 aliphatic heterocycles. The van der Waals surface area contributed by atoms with Crippen molar-refractivity contribution in [2.24, 2.45) is 4.99 Å². The Morgan fingerprint density at radius 2 is 1.85 bits per heavy atom. The number of nitrogens with zero attached hydrogens (tertiary/aromatic N) is 2. The zero-order valence-corrected chi connectivity index (χ0v) is 19.8. The number of rotatable bonds is 9. The van der Waals surface area contributed by atoms with E-state index in [4.69, 9.17) is 18.9 Å². The highest BCUT2D eigenvalue weighted by Crippen LogP contribution is 2.28. The van der Waals surface area contributed by atoms with Crippen LogP contribution in [0.25, 0.3) is 16.3 Å². The van der Waals surface area contributed by atoms with Gasteiger partial charge in [-0.25, -0.2) is 4.79 Å². The summed E-state index contributed by atoms with van der Waals surface area (Å²) >= 11 is 1.33. The number of amides is 1. The maximum absolute atomic E-state index is 12.6. The molecule has 1 heterocycles. The summed E-state index contributed by atoms with van der Waals surface area (Å²) in [4.78, 5) is 29.3. The fourth-order valence-corrected chi connectivity index (χ4v) is 4.28. The Balaban J connectivity index is 1.95. The summed E-state index contributed by atoms with van der Waals surface area (Å²) in [6.07, 6.45) is 3.07. The van der Waals surface area contributed by atoms with Crippen LogP contribution in [0.3, 0.4) is 0 Å². The lowest BCUT2D eigenvalue weighted by Crippen LogP contribution is -2.19. The monoisotopic (exact) mass is 470 g/mol. The van der Waals surface area contributed by atoms with Gasteiger partial charge in [0.2, 0.25) is 0 Å². The van der Waals surface area contributed by atoms with Crippen molar-refractivity contribution in [1.82, 2.24) is 4.57 Å². The minimum atomic E-state index is -0.418. The molecule has 0 radical (unpaired) electrons. The number of methoxy groups -OCH3 is 3. The van der Waals surface area contributed by atoms with Crippen LogP contribution < -0.4 is 14.3 Å². The number of hydrogen-bond donors (Lipinski definition) is 0. The summed E-state index contributed by atoms with van der Waals surface area (Å²) in [5.41, 5.74) is 2.08. The van der Waals surface area contributed by atoms with E-state index < -0.39 is 11.9 Å². The molecule has 8 nitrogen and oxygen atoms in total.